The van der Waals surface area contributed by atoms with Crippen molar-refractivity contribution in [2.45, 2.75) is 18.8 Å². The molecule has 0 spiro atoms. The number of carbonyl (C=O) groups is 1. The first-order valence-corrected chi connectivity index (χ1v) is 5.87. The summed E-state index contributed by atoms with van der Waals surface area (Å²) < 4.78 is 0. The van der Waals surface area contributed by atoms with Crippen molar-refractivity contribution in [3.8, 4) is 0 Å². The molecule has 4 heteroatoms. The smallest absolute Gasteiger partial charge is 0.180 e. The van der Waals surface area contributed by atoms with E-state index in [-0.39, 0.29) is 11.7 Å². The molecule has 3 rings (SSSR count). The molecule has 0 radical (unpaired) electrons. The van der Waals surface area contributed by atoms with E-state index in [1.807, 2.05) is 0 Å². The maximum atomic E-state index is 11.8. The third kappa shape index (κ3) is 1.38. The number of Topliss-reactive ketones (excluding diaryl/α,β-unsaturated/α-hetero) is 1. The molecule has 74 valence electrons. The average molecular weight is 208 g/mol. The summed E-state index contributed by atoms with van der Waals surface area (Å²) in [6.07, 6.45) is 4.28. The molecule has 1 aliphatic heterocycles. The highest BCUT2D eigenvalue weighted by Gasteiger charge is 2.30. The summed E-state index contributed by atoms with van der Waals surface area (Å²) in [5.74, 6) is 1.16. The highest BCUT2D eigenvalue weighted by atomic mass is 32.1. The molecule has 1 aromatic rings. The van der Waals surface area contributed by atoms with Gasteiger partial charge in [-0.15, -0.1) is 11.3 Å². The van der Waals surface area contributed by atoms with Crippen molar-refractivity contribution in [2.24, 2.45) is 5.92 Å². The molecule has 0 bridgehead atoms. The first kappa shape index (κ1) is 8.56. The first-order valence-electron chi connectivity index (χ1n) is 5.05. The number of rotatable bonds is 3. The molecule has 1 aliphatic carbocycles. The van der Waals surface area contributed by atoms with Crippen LogP contribution in [-0.2, 0) is 0 Å². The van der Waals surface area contributed by atoms with Gasteiger partial charge in [-0.1, -0.05) is 0 Å². The standard InChI is InChI=1S/C10H12N2OS/c13-9(7-3-11-4-7)8-5-12-10(14-8)6-1-2-6/h5-7,11H,1-4H2. The zero-order valence-electron chi connectivity index (χ0n) is 7.82. The van der Waals surface area contributed by atoms with Gasteiger partial charge in [0.05, 0.1) is 9.88 Å². The lowest BCUT2D eigenvalue weighted by molar-refractivity contribution is 0.0882. The van der Waals surface area contributed by atoms with Gasteiger partial charge in [-0.05, 0) is 12.8 Å². The van der Waals surface area contributed by atoms with Crippen LogP contribution in [0.25, 0.3) is 0 Å². The quantitative estimate of drug-likeness (QED) is 0.764. The molecule has 0 amide bonds. The Labute approximate surface area is 86.5 Å². The fraction of sp³-hybridized carbons (Fsp3) is 0.600. The number of ketones is 1. The van der Waals surface area contributed by atoms with E-state index in [1.165, 1.54) is 17.8 Å². The molecule has 3 nitrogen and oxygen atoms in total. The van der Waals surface area contributed by atoms with E-state index in [1.54, 1.807) is 17.5 Å². The van der Waals surface area contributed by atoms with Gasteiger partial charge in [-0.2, -0.15) is 0 Å². The Hall–Kier alpha value is -0.740. The SMILES string of the molecule is O=C(c1cnc(C2CC2)s1)C1CNC1. The summed E-state index contributed by atoms with van der Waals surface area (Å²) in [4.78, 5) is 17.0. The van der Waals surface area contributed by atoms with Gasteiger partial charge in [0, 0.05) is 31.1 Å². The number of aromatic nitrogens is 1. The Morgan fingerprint density at radius 2 is 2.29 bits per heavy atom. The number of hydrogen-bond donors (Lipinski definition) is 1. The molecule has 0 atom stereocenters. The maximum absolute atomic E-state index is 11.8. The van der Waals surface area contributed by atoms with E-state index >= 15 is 0 Å². The summed E-state index contributed by atoms with van der Waals surface area (Å²) in [5, 5.41) is 4.28. The van der Waals surface area contributed by atoms with Crippen LogP contribution in [-0.4, -0.2) is 23.9 Å². The molecule has 1 saturated carbocycles. The van der Waals surface area contributed by atoms with Crippen molar-refractivity contribution >= 4 is 17.1 Å². The van der Waals surface area contributed by atoms with Crippen LogP contribution in [0.3, 0.4) is 0 Å². The van der Waals surface area contributed by atoms with Crippen LogP contribution in [0.2, 0.25) is 0 Å². The van der Waals surface area contributed by atoms with Crippen LogP contribution < -0.4 is 5.32 Å². The van der Waals surface area contributed by atoms with Crippen LogP contribution in [0, 0.1) is 5.92 Å². The van der Waals surface area contributed by atoms with Gasteiger partial charge >= 0.3 is 0 Å². The van der Waals surface area contributed by atoms with Gasteiger partial charge in [-0.3, -0.25) is 4.79 Å². The molecule has 2 heterocycles. The molecule has 0 unspecified atom stereocenters. The van der Waals surface area contributed by atoms with Crippen LogP contribution in [0.15, 0.2) is 6.20 Å². The van der Waals surface area contributed by atoms with E-state index in [0.717, 1.165) is 18.0 Å². The Morgan fingerprint density at radius 1 is 1.50 bits per heavy atom. The van der Waals surface area contributed by atoms with Gasteiger partial charge in [0.25, 0.3) is 0 Å². The monoisotopic (exact) mass is 208 g/mol. The lowest BCUT2D eigenvalue weighted by Gasteiger charge is -2.24. The minimum absolute atomic E-state index is 0.211. The van der Waals surface area contributed by atoms with Crippen LogP contribution >= 0.6 is 11.3 Å². The van der Waals surface area contributed by atoms with Crippen molar-refractivity contribution in [3.63, 3.8) is 0 Å². The fourth-order valence-electron chi connectivity index (χ4n) is 1.60. The molecule has 1 N–H and O–H groups in total. The highest BCUT2D eigenvalue weighted by molar-refractivity contribution is 7.13. The first-order chi connectivity index (χ1) is 6.84. The predicted molar refractivity (Wildman–Crippen MR) is 54.8 cm³/mol. The molecule has 2 aliphatic rings. The topological polar surface area (TPSA) is 42.0 Å². The summed E-state index contributed by atoms with van der Waals surface area (Å²) in [7, 11) is 0. The lowest BCUT2D eigenvalue weighted by atomic mass is 9.97. The number of nitrogens with zero attached hydrogens (tertiary/aromatic N) is 1. The average Bonchev–Trinajstić information content (AvgIpc) is 2.81. The van der Waals surface area contributed by atoms with Crippen molar-refractivity contribution in [3.05, 3.63) is 16.1 Å². The highest BCUT2D eigenvalue weighted by Crippen LogP contribution is 2.42. The number of hydrogen-bond acceptors (Lipinski definition) is 4. The zero-order valence-corrected chi connectivity index (χ0v) is 8.64. The fourth-order valence-corrected chi connectivity index (χ4v) is 2.70. The van der Waals surface area contributed by atoms with Crippen LogP contribution in [0.4, 0.5) is 0 Å². The van der Waals surface area contributed by atoms with E-state index in [0.29, 0.717) is 5.92 Å². The van der Waals surface area contributed by atoms with Crippen molar-refractivity contribution in [1.82, 2.24) is 10.3 Å². The molecule has 1 aromatic heterocycles. The summed E-state index contributed by atoms with van der Waals surface area (Å²) in [6.45, 7) is 1.69. The van der Waals surface area contributed by atoms with Crippen molar-refractivity contribution in [1.29, 1.82) is 0 Å². The van der Waals surface area contributed by atoms with Gasteiger partial charge in [-0.25, -0.2) is 4.98 Å². The summed E-state index contributed by atoms with van der Waals surface area (Å²) >= 11 is 1.60. The zero-order chi connectivity index (χ0) is 9.54. The van der Waals surface area contributed by atoms with Crippen molar-refractivity contribution in [2.75, 3.05) is 13.1 Å². The van der Waals surface area contributed by atoms with E-state index < -0.39 is 0 Å². The van der Waals surface area contributed by atoms with E-state index in [9.17, 15) is 4.79 Å². The van der Waals surface area contributed by atoms with Gasteiger partial charge in [0.1, 0.15) is 0 Å². The third-order valence-corrected chi connectivity index (χ3v) is 4.02. The molecule has 1 saturated heterocycles. The largest absolute Gasteiger partial charge is 0.315 e. The molecule has 14 heavy (non-hydrogen) atoms. The second-order valence-corrected chi connectivity index (χ2v) is 5.12. The Bertz CT molecular complexity index is 366. The Kier molecular flexibility index (Phi) is 1.92. The third-order valence-electron chi connectivity index (χ3n) is 2.85. The van der Waals surface area contributed by atoms with Crippen molar-refractivity contribution < 1.29 is 4.79 Å². The summed E-state index contributed by atoms with van der Waals surface area (Å²) in [5.41, 5.74) is 0. The Balaban J connectivity index is 1.77. The molecular weight excluding hydrogens is 196 g/mol. The number of carbonyl (C=O) groups excluding carboxylic acids is 1. The van der Waals surface area contributed by atoms with E-state index in [4.69, 9.17) is 0 Å². The van der Waals surface area contributed by atoms with Gasteiger partial charge in [0.15, 0.2) is 5.78 Å². The molecular formula is C10H12N2OS. The Morgan fingerprint density at radius 3 is 2.86 bits per heavy atom. The molecule has 2 fully saturated rings. The van der Waals surface area contributed by atoms with Crippen LogP contribution in [0.1, 0.15) is 33.4 Å². The summed E-state index contributed by atoms with van der Waals surface area (Å²) in [6, 6.07) is 0. The second-order valence-electron chi connectivity index (χ2n) is 4.06. The number of nitrogens with one attached hydrogen (secondary N) is 1. The maximum Gasteiger partial charge on any atom is 0.180 e. The minimum Gasteiger partial charge on any atom is -0.315 e. The lowest BCUT2D eigenvalue weighted by Crippen LogP contribution is -2.46. The van der Waals surface area contributed by atoms with E-state index in [2.05, 4.69) is 10.3 Å². The van der Waals surface area contributed by atoms with Crippen LogP contribution in [0.5, 0.6) is 0 Å². The normalized spacial score (nSPS) is 22.0. The van der Waals surface area contributed by atoms with Gasteiger partial charge < -0.3 is 5.32 Å². The number of thiazole rings is 1. The molecule has 0 aromatic carbocycles. The van der Waals surface area contributed by atoms with Gasteiger partial charge in [0.2, 0.25) is 0 Å². The second kappa shape index (κ2) is 3.14. The predicted octanol–water partition coefficient (Wildman–Crippen LogP) is 1.42. The minimum atomic E-state index is 0.211.